The first kappa shape index (κ1) is 22.9. The molecule has 33 heavy (non-hydrogen) atoms. The highest BCUT2D eigenvalue weighted by molar-refractivity contribution is 7.89. The lowest BCUT2D eigenvalue weighted by Crippen LogP contribution is -2.54. The lowest BCUT2D eigenvalue weighted by atomic mass is 9.98. The van der Waals surface area contributed by atoms with Crippen LogP contribution >= 0.6 is 0 Å². The van der Waals surface area contributed by atoms with E-state index >= 15 is 0 Å². The molecule has 9 nitrogen and oxygen atoms in total. The van der Waals surface area contributed by atoms with Crippen molar-refractivity contribution in [1.29, 1.82) is 0 Å². The van der Waals surface area contributed by atoms with Crippen molar-refractivity contribution in [3.63, 3.8) is 0 Å². The van der Waals surface area contributed by atoms with E-state index in [1.165, 1.54) is 33.5 Å². The molecule has 1 saturated heterocycles. The van der Waals surface area contributed by atoms with Crippen LogP contribution in [-0.4, -0.2) is 74.4 Å². The van der Waals surface area contributed by atoms with E-state index in [0.717, 1.165) is 5.56 Å². The third kappa shape index (κ3) is 4.62. The number of carbonyl (C=O) groups excluding carboxylic acids is 3. The fourth-order valence-electron chi connectivity index (χ4n) is 3.95. The van der Waals surface area contributed by atoms with E-state index in [1.807, 2.05) is 6.07 Å². The highest BCUT2D eigenvalue weighted by Gasteiger charge is 2.36. The number of benzene rings is 2. The monoisotopic (exact) mass is 472 g/mol. The number of esters is 2. The maximum atomic E-state index is 13.0. The van der Waals surface area contributed by atoms with Crippen LogP contribution in [0.3, 0.4) is 0 Å². The van der Waals surface area contributed by atoms with Crippen LogP contribution in [-0.2, 0) is 30.7 Å². The van der Waals surface area contributed by atoms with Gasteiger partial charge in [-0.2, -0.15) is 4.31 Å². The van der Waals surface area contributed by atoms with Crippen molar-refractivity contribution in [2.45, 2.75) is 24.3 Å². The number of nitrogens with zero attached hydrogens (tertiary/aromatic N) is 2. The van der Waals surface area contributed by atoms with Crippen molar-refractivity contribution in [2.75, 3.05) is 32.8 Å². The Morgan fingerprint density at radius 3 is 2.36 bits per heavy atom. The fraction of sp³-hybridized carbons (Fsp3) is 0.348. The zero-order valence-corrected chi connectivity index (χ0v) is 18.9. The molecule has 1 atom stereocenters. The summed E-state index contributed by atoms with van der Waals surface area (Å²) in [5, 5.41) is 0. The minimum absolute atomic E-state index is 0.0631. The molecule has 0 aliphatic carbocycles. The molecule has 10 heteroatoms. The third-order valence-corrected chi connectivity index (χ3v) is 7.63. The minimum atomic E-state index is -3.78. The Kier molecular flexibility index (Phi) is 6.48. The molecular formula is C23H24N2O7S. The van der Waals surface area contributed by atoms with Gasteiger partial charge in [0.2, 0.25) is 10.0 Å². The van der Waals surface area contributed by atoms with Crippen molar-refractivity contribution >= 4 is 27.9 Å². The number of piperazine rings is 1. The molecule has 1 fully saturated rings. The SMILES string of the molecule is CCOC(=O)c1ccc(S(=O)(=O)N2CCN(C(=O)C3Cc4ccccc4C(=O)O3)CC2)cc1. The van der Waals surface area contributed by atoms with E-state index in [0.29, 0.717) is 12.0 Å². The minimum Gasteiger partial charge on any atom is -0.462 e. The van der Waals surface area contributed by atoms with Gasteiger partial charge < -0.3 is 14.4 Å². The quantitative estimate of drug-likeness (QED) is 0.606. The van der Waals surface area contributed by atoms with E-state index in [4.69, 9.17) is 9.47 Å². The molecule has 0 saturated carbocycles. The Balaban J connectivity index is 1.39. The van der Waals surface area contributed by atoms with Crippen molar-refractivity contribution in [2.24, 2.45) is 0 Å². The summed E-state index contributed by atoms with van der Waals surface area (Å²) >= 11 is 0. The van der Waals surface area contributed by atoms with E-state index < -0.39 is 28.1 Å². The Morgan fingerprint density at radius 2 is 1.70 bits per heavy atom. The van der Waals surface area contributed by atoms with Crippen molar-refractivity contribution < 1.29 is 32.3 Å². The van der Waals surface area contributed by atoms with Gasteiger partial charge in [-0.25, -0.2) is 18.0 Å². The van der Waals surface area contributed by atoms with Gasteiger partial charge in [0, 0.05) is 32.6 Å². The van der Waals surface area contributed by atoms with E-state index in [1.54, 1.807) is 25.1 Å². The second-order valence-electron chi connectivity index (χ2n) is 7.73. The molecule has 0 radical (unpaired) electrons. The number of hydrogen-bond donors (Lipinski definition) is 0. The summed E-state index contributed by atoms with van der Waals surface area (Å²) in [7, 11) is -3.78. The maximum absolute atomic E-state index is 13.0. The molecule has 1 amide bonds. The number of sulfonamides is 1. The smallest absolute Gasteiger partial charge is 0.339 e. The summed E-state index contributed by atoms with van der Waals surface area (Å²) in [4.78, 5) is 38.5. The number of hydrogen-bond acceptors (Lipinski definition) is 7. The summed E-state index contributed by atoms with van der Waals surface area (Å²) in [6, 6.07) is 12.6. The third-order valence-electron chi connectivity index (χ3n) is 5.72. The summed E-state index contributed by atoms with van der Waals surface area (Å²) in [5.74, 6) is -1.36. The van der Waals surface area contributed by atoms with Gasteiger partial charge >= 0.3 is 11.9 Å². The fourth-order valence-corrected chi connectivity index (χ4v) is 5.37. The maximum Gasteiger partial charge on any atom is 0.339 e. The largest absolute Gasteiger partial charge is 0.462 e. The molecule has 0 bridgehead atoms. The first-order valence-corrected chi connectivity index (χ1v) is 12.1. The average Bonchev–Trinajstić information content (AvgIpc) is 2.84. The molecule has 0 aromatic heterocycles. The topological polar surface area (TPSA) is 110 Å². The van der Waals surface area contributed by atoms with E-state index in [9.17, 15) is 22.8 Å². The number of carbonyl (C=O) groups is 3. The molecule has 2 aliphatic rings. The molecular weight excluding hydrogens is 448 g/mol. The van der Waals surface area contributed by atoms with Crippen LogP contribution in [0.1, 0.15) is 33.2 Å². The Bertz CT molecular complexity index is 1170. The van der Waals surface area contributed by atoms with Gasteiger partial charge in [0.05, 0.1) is 22.6 Å². The van der Waals surface area contributed by atoms with E-state index in [-0.39, 0.29) is 49.2 Å². The normalized spacial score (nSPS) is 18.9. The molecule has 1 unspecified atom stereocenters. The Labute approximate surface area is 191 Å². The van der Waals surface area contributed by atoms with Crippen LogP contribution in [0.15, 0.2) is 53.4 Å². The van der Waals surface area contributed by atoms with Gasteiger partial charge in [0.25, 0.3) is 5.91 Å². The number of cyclic esters (lactones) is 1. The molecule has 2 heterocycles. The van der Waals surface area contributed by atoms with E-state index in [2.05, 4.69) is 0 Å². The number of ether oxygens (including phenoxy) is 2. The molecule has 2 aromatic carbocycles. The van der Waals surface area contributed by atoms with Crippen molar-refractivity contribution in [3.05, 3.63) is 65.2 Å². The van der Waals surface area contributed by atoms with Gasteiger partial charge in [0.15, 0.2) is 6.10 Å². The van der Waals surface area contributed by atoms with Gasteiger partial charge in [-0.3, -0.25) is 4.79 Å². The van der Waals surface area contributed by atoms with Gasteiger partial charge in [-0.15, -0.1) is 0 Å². The molecule has 0 N–H and O–H groups in total. The molecule has 2 aliphatic heterocycles. The molecule has 2 aromatic rings. The number of rotatable bonds is 5. The highest BCUT2D eigenvalue weighted by Crippen LogP contribution is 2.23. The Morgan fingerprint density at radius 1 is 1.03 bits per heavy atom. The summed E-state index contributed by atoms with van der Waals surface area (Å²) in [6.45, 7) is 2.53. The summed E-state index contributed by atoms with van der Waals surface area (Å²) in [5.41, 5.74) is 1.50. The first-order valence-electron chi connectivity index (χ1n) is 10.7. The first-order chi connectivity index (χ1) is 15.8. The number of amides is 1. The predicted octanol–water partition coefficient (Wildman–Crippen LogP) is 1.48. The molecule has 174 valence electrons. The second kappa shape index (κ2) is 9.32. The van der Waals surface area contributed by atoms with Crippen LogP contribution in [0.4, 0.5) is 0 Å². The highest BCUT2D eigenvalue weighted by atomic mass is 32.2. The van der Waals surface area contributed by atoms with Gasteiger partial charge in [-0.1, -0.05) is 18.2 Å². The standard InChI is InChI=1S/C23H24N2O7S/c1-2-31-22(27)16-7-9-18(10-8-16)33(29,30)25-13-11-24(12-14-25)21(26)20-15-17-5-3-4-6-19(17)23(28)32-20/h3-10,20H,2,11-15H2,1H3. The molecule has 0 spiro atoms. The van der Waals surface area contributed by atoms with Gasteiger partial charge in [0.1, 0.15) is 0 Å². The molecule has 4 rings (SSSR count). The van der Waals surface area contributed by atoms with Crippen LogP contribution in [0.25, 0.3) is 0 Å². The zero-order valence-electron chi connectivity index (χ0n) is 18.1. The van der Waals surface area contributed by atoms with Crippen LogP contribution < -0.4 is 0 Å². The van der Waals surface area contributed by atoms with Crippen LogP contribution in [0.5, 0.6) is 0 Å². The lowest BCUT2D eigenvalue weighted by Gasteiger charge is -2.36. The predicted molar refractivity (Wildman–Crippen MR) is 117 cm³/mol. The van der Waals surface area contributed by atoms with Crippen molar-refractivity contribution in [3.8, 4) is 0 Å². The van der Waals surface area contributed by atoms with Crippen molar-refractivity contribution in [1.82, 2.24) is 9.21 Å². The summed E-state index contributed by atoms with van der Waals surface area (Å²) < 4.78 is 37.5. The average molecular weight is 473 g/mol. The Hall–Kier alpha value is -3.24. The van der Waals surface area contributed by atoms with Crippen LogP contribution in [0, 0.1) is 0 Å². The zero-order chi connectivity index (χ0) is 23.6. The second-order valence-corrected chi connectivity index (χ2v) is 9.67. The van der Waals surface area contributed by atoms with Crippen LogP contribution in [0.2, 0.25) is 0 Å². The lowest BCUT2D eigenvalue weighted by molar-refractivity contribution is -0.142. The number of fused-ring (bicyclic) bond motifs is 1. The summed E-state index contributed by atoms with van der Waals surface area (Å²) in [6.07, 6.45) is -0.613. The van der Waals surface area contributed by atoms with Gasteiger partial charge in [-0.05, 0) is 42.8 Å².